The molecule has 1 saturated heterocycles. The molecular weight excluding hydrogens is 209 g/mol. The zero-order valence-corrected chi connectivity index (χ0v) is 9.20. The molecule has 0 spiro atoms. The highest BCUT2D eigenvalue weighted by atomic mass is 19.4. The summed E-state index contributed by atoms with van der Waals surface area (Å²) in [5, 5.41) is 1.99. The maximum absolute atomic E-state index is 12.6. The van der Waals surface area contributed by atoms with Gasteiger partial charge in [-0.15, -0.1) is 0 Å². The number of hydrogen-bond acceptors (Lipinski definition) is 1. The lowest BCUT2D eigenvalue weighted by molar-refractivity contribution is -0.184. The lowest BCUT2D eigenvalue weighted by atomic mass is 10.0. The van der Waals surface area contributed by atoms with Crippen LogP contribution in [0.3, 0.4) is 0 Å². The molecule has 1 aliphatic rings. The largest absolute Gasteiger partial charge is 0.413 e. The minimum absolute atomic E-state index is 0.348. The van der Waals surface area contributed by atoms with Crippen molar-refractivity contribution in [3.63, 3.8) is 0 Å². The molecule has 1 heterocycles. The van der Waals surface area contributed by atoms with Gasteiger partial charge in [-0.2, -0.15) is 13.2 Å². The Kier molecular flexibility index (Phi) is 2.45. The van der Waals surface area contributed by atoms with Crippen LogP contribution in [0, 0.1) is 0 Å². The zero-order valence-electron chi connectivity index (χ0n) is 9.20. The molecule has 1 atom stereocenters. The van der Waals surface area contributed by atoms with Crippen LogP contribution >= 0.6 is 0 Å². The molecule has 1 unspecified atom stereocenters. The topological polar surface area (TPSA) is 32.3 Å². The number of carbonyl (C=O) groups excluding carboxylic acids is 1. The standard InChI is InChI=1S/C9H15F3N2O/c1-7(2,3)14-5-8(4,9(10,11)12)13-6(14)15/h5H2,1-4H3,(H,13,15). The predicted octanol–water partition coefficient (Wildman–Crippen LogP) is 2.13. The SMILES string of the molecule is CC(C)(C)N1CC(C)(C(F)(F)F)NC1=O. The first-order valence-electron chi connectivity index (χ1n) is 4.64. The van der Waals surface area contributed by atoms with E-state index in [-0.39, 0.29) is 6.54 Å². The van der Waals surface area contributed by atoms with E-state index in [0.29, 0.717) is 0 Å². The Bertz CT molecular complexity index is 282. The van der Waals surface area contributed by atoms with Gasteiger partial charge in [-0.25, -0.2) is 4.79 Å². The van der Waals surface area contributed by atoms with Crippen molar-refractivity contribution in [2.24, 2.45) is 0 Å². The number of alkyl halides is 3. The van der Waals surface area contributed by atoms with Crippen molar-refractivity contribution < 1.29 is 18.0 Å². The number of nitrogens with zero attached hydrogens (tertiary/aromatic N) is 1. The van der Waals surface area contributed by atoms with Gasteiger partial charge >= 0.3 is 12.2 Å². The van der Waals surface area contributed by atoms with E-state index >= 15 is 0 Å². The molecule has 0 aliphatic carbocycles. The molecule has 1 rings (SSSR count). The summed E-state index contributed by atoms with van der Waals surface area (Å²) in [6.45, 7) is 5.76. The van der Waals surface area contributed by atoms with Crippen LogP contribution in [0.25, 0.3) is 0 Å². The first kappa shape index (κ1) is 12.1. The minimum atomic E-state index is -4.43. The molecule has 0 aromatic carbocycles. The molecule has 1 fully saturated rings. The van der Waals surface area contributed by atoms with Crippen LogP contribution < -0.4 is 5.32 Å². The third kappa shape index (κ3) is 2.03. The Morgan fingerprint density at radius 3 is 2.00 bits per heavy atom. The molecule has 6 heteroatoms. The molecule has 0 aromatic rings. The summed E-state index contributed by atoms with van der Waals surface area (Å²) < 4.78 is 37.9. The first-order chi connectivity index (χ1) is 6.47. The van der Waals surface area contributed by atoms with Gasteiger partial charge in [-0.05, 0) is 27.7 Å². The van der Waals surface area contributed by atoms with Gasteiger partial charge in [0.1, 0.15) is 0 Å². The van der Waals surface area contributed by atoms with E-state index in [2.05, 4.69) is 0 Å². The van der Waals surface area contributed by atoms with Crippen LogP contribution in [0.15, 0.2) is 0 Å². The second-order valence-corrected chi connectivity index (χ2v) is 5.02. The maximum atomic E-state index is 12.6. The maximum Gasteiger partial charge on any atom is 0.413 e. The lowest BCUT2D eigenvalue weighted by Gasteiger charge is -2.32. The Labute approximate surface area is 86.6 Å². The second kappa shape index (κ2) is 3.02. The summed E-state index contributed by atoms with van der Waals surface area (Å²) in [5.41, 5.74) is -2.75. The fourth-order valence-corrected chi connectivity index (χ4v) is 1.43. The Hall–Kier alpha value is -0.940. The van der Waals surface area contributed by atoms with Crippen molar-refractivity contribution >= 4 is 6.03 Å². The van der Waals surface area contributed by atoms with Gasteiger partial charge in [-0.1, -0.05) is 0 Å². The molecule has 0 radical (unpaired) electrons. The van der Waals surface area contributed by atoms with E-state index in [9.17, 15) is 18.0 Å². The van der Waals surface area contributed by atoms with Crippen molar-refractivity contribution in [1.82, 2.24) is 10.2 Å². The highest BCUT2D eigenvalue weighted by Gasteiger charge is 2.58. The molecule has 0 bridgehead atoms. The van der Waals surface area contributed by atoms with Crippen molar-refractivity contribution in [3.05, 3.63) is 0 Å². The molecular formula is C9H15F3N2O. The second-order valence-electron chi connectivity index (χ2n) is 5.02. The van der Waals surface area contributed by atoms with Crippen molar-refractivity contribution in [2.75, 3.05) is 6.54 Å². The average molecular weight is 224 g/mol. The van der Waals surface area contributed by atoms with E-state index in [1.807, 2.05) is 5.32 Å². The zero-order chi connectivity index (χ0) is 12.1. The van der Waals surface area contributed by atoms with E-state index < -0.39 is 23.3 Å². The molecule has 3 nitrogen and oxygen atoms in total. The molecule has 0 aromatic heterocycles. The fourth-order valence-electron chi connectivity index (χ4n) is 1.43. The first-order valence-corrected chi connectivity index (χ1v) is 4.64. The predicted molar refractivity (Wildman–Crippen MR) is 49.5 cm³/mol. The number of rotatable bonds is 0. The number of amides is 2. The summed E-state index contributed by atoms with van der Waals surface area (Å²) in [6, 6.07) is -0.665. The Morgan fingerprint density at radius 1 is 1.33 bits per heavy atom. The Morgan fingerprint density at radius 2 is 1.80 bits per heavy atom. The van der Waals surface area contributed by atoms with Gasteiger partial charge in [0.05, 0.1) is 6.54 Å². The molecule has 1 N–H and O–H groups in total. The quantitative estimate of drug-likeness (QED) is 0.671. The van der Waals surface area contributed by atoms with Gasteiger partial charge in [0.2, 0.25) is 0 Å². The molecule has 88 valence electrons. The van der Waals surface area contributed by atoms with Crippen molar-refractivity contribution in [1.29, 1.82) is 0 Å². The van der Waals surface area contributed by atoms with Gasteiger partial charge in [0.15, 0.2) is 5.54 Å². The summed E-state index contributed by atoms with van der Waals surface area (Å²) in [7, 11) is 0. The van der Waals surface area contributed by atoms with E-state index in [4.69, 9.17) is 0 Å². The average Bonchev–Trinajstić information content (AvgIpc) is 2.24. The van der Waals surface area contributed by atoms with Gasteiger partial charge < -0.3 is 10.2 Å². The summed E-state index contributed by atoms with van der Waals surface area (Å²) in [5.74, 6) is 0. The highest BCUT2D eigenvalue weighted by molar-refractivity contribution is 5.78. The van der Waals surface area contributed by atoms with E-state index in [1.54, 1.807) is 20.8 Å². The molecule has 15 heavy (non-hydrogen) atoms. The van der Waals surface area contributed by atoms with E-state index in [1.165, 1.54) is 4.90 Å². The number of nitrogens with one attached hydrogen (secondary N) is 1. The third-order valence-electron chi connectivity index (χ3n) is 2.54. The van der Waals surface area contributed by atoms with Crippen LogP contribution in [-0.4, -0.2) is 34.7 Å². The smallest absolute Gasteiger partial charge is 0.322 e. The van der Waals surface area contributed by atoms with Crippen LogP contribution in [0.4, 0.5) is 18.0 Å². The number of carbonyl (C=O) groups is 1. The highest BCUT2D eigenvalue weighted by Crippen LogP contribution is 2.36. The van der Waals surface area contributed by atoms with Crippen molar-refractivity contribution in [2.45, 2.75) is 44.9 Å². The van der Waals surface area contributed by atoms with Crippen LogP contribution in [-0.2, 0) is 0 Å². The number of halogens is 3. The summed E-state index contributed by atoms with van der Waals surface area (Å²) in [4.78, 5) is 12.6. The monoisotopic (exact) mass is 224 g/mol. The summed E-state index contributed by atoms with van der Waals surface area (Å²) >= 11 is 0. The van der Waals surface area contributed by atoms with Gasteiger partial charge in [0, 0.05) is 5.54 Å². The van der Waals surface area contributed by atoms with E-state index in [0.717, 1.165) is 6.92 Å². The Balaban J connectivity index is 2.94. The van der Waals surface area contributed by atoms with Gasteiger partial charge in [-0.3, -0.25) is 0 Å². The van der Waals surface area contributed by atoms with Crippen LogP contribution in [0.2, 0.25) is 0 Å². The van der Waals surface area contributed by atoms with Crippen LogP contribution in [0.1, 0.15) is 27.7 Å². The molecule has 1 aliphatic heterocycles. The molecule has 2 amide bonds. The van der Waals surface area contributed by atoms with Gasteiger partial charge in [0.25, 0.3) is 0 Å². The van der Waals surface area contributed by atoms with Crippen molar-refractivity contribution in [3.8, 4) is 0 Å². The lowest BCUT2D eigenvalue weighted by Crippen LogP contribution is -2.53. The molecule has 0 saturated carbocycles. The van der Waals surface area contributed by atoms with Crippen LogP contribution in [0.5, 0.6) is 0 Å². The number of urea groups is 1. The minimum Gasteiger partial charge on any atom is -0.322 e. The summed E-state index contributed by atoms with van der Waals surface area (Å²) in [6.07, 6.45) is -4.43. The number of hydrogen-bond donors (Lipinski definition) is 1. The fraction of sp³-hybridized carbons (Fsp3) is 0.889. The third-order valence-corrected chi connectivity index (χ3v) is 2.54. The normalized spacial score (nSPS) is 28.2.